The summed E-state index contributed by atoms with van der Waals surface area (Å²) in [6.45, 7) is 0. The van der Waals surface area contributed by atoms with Crippen LogP contribution in [0.5, 0.6) is 0 Å². The van der Waals surface area contributed by atoms with E-state index in [1.54, 1.807) is 0 Å². The van der Waals surface area contributed by atoms with Gasteiger partial charge in [0.2, 0.25) is 0 Å². The number of para-hydroxylation sites is 1. The predicted molar refractivity (Wildman–Crippen MR) is 90.0 cm³/mol. The molecule has 2 amide bonds. The van der Waals surface area contributed by atoms with Gasteiger partial charge in [0.1, 0.15) is 0 Å². The van der Waals surface area contributed by atoms with Crippen molar-refractivity contribution in [3.05, 3.63) is 84.9 Å². The molecular formula is C19H16N2O. The van der Waals surface area contributed by atoms with Gasteiger partial charge >= 0.3 is 6.03 Å². The molecule has 3 aromatic rings. The largest absolute Gasteiger partial charge is 0.351 e. The summed E-state index contributed by atoms with van der Waals surface area (Å²) in [6.07, 6.45) is 0. The normalized spacial score (nSPS) is 10.2. The van der Waals surface area contributed by atoms with Crippen molar-refractivity contribution in [2.75, 3.05) is 4.90 Å². The number of primary amides is 1. The van der Waals surface area contributed by atoms with Crippen LogP contribution < -0.4 is 10.6 Å². The van der Waals surface area contributed by atoms with Gasteiger partial charge in [-0.1, -0.05) is 60.7 Å². The maximum Gasteiger partial charge on any atom is 0.323 e. The molecule has 0 aliphatic heterocycles. The highest BCUT2D eigenvalue weighted by molar-refractivity contribution is 5.98. The molecule has 0 unspecified atom stereocenters. The van der Waals surface area contributed by atoms with Gasteiger partial charge in [0.05, 0.1) is 11.4 Å². The van der Waals surface area contributed by atoms with Crippen LogP contribution in [0.4, 0.5) is 16.2 Å². The van der Waals surface area contributed by atoms with Gasteiger partial charge in [-0.05, 0) is 35.4 Å². The number of hydrogen-bond donors (Lipinski definition) is 1. The molecule has 0 aromatic heterocycles. The van der Waals surface area contributed by atoms with Crippen molar-refractivity contribution in [1.29, 1.82) is 0 Å². The molecule has 3 aromatic carbocycles. The van der Waals surface area contributed by atoms with Crippen molar-refractivity contribution in [2.45, 2.75) is 0 Å². The second kappa shape index (κ2) is 6.14. The first-order valence-corrected chi connectivity index (χ1v) is 7.06. The minimum atomic E-state index is -0.501. The number of hydrogen-bond acceptors (Lipinski definition) is 1. The molecule has 0 saturated heterocycles. The van der Waals surface area contributed by atoms with Gasteiger partial charge in [-0.25, -0.2) is 4.79 Å². The molecular weight excluding hydrogens is 272 g/mol. The monoisotopic (exact) mass is 288 g/mol. The number of carbonyl (C=O) groups is 1. The number of rotatable bonds is 3. The molecule has 3 rings (SSSR count). The maximum atomic E-state index is 11.8. The zero-order valence-electron chi connectivity index (χ0n) is 12.0. The summed E-state index contributed by atoms with van der Waals surface area (Å²) in [5.74, 6) is 0. The number of urea groups is 1. The van der Waals surface area contributed by atoms with E-state index in [9.17, 15) is 4.79 Å². The zero-order chi connectivity index (χ0) is 15.4. The van der Waals surface area contributed by atoms with E-state index in [1.807, 2.05) is 72.8 Å². The number of benzene rings is 3. The summed E-state index contributed by atoms with van der Waals surface area (Å²) in [5.41, 5.74) is 9.27. The van der Waals surface area contributed by atoms with Crippen LogP contribution in [-0.2, 0) is 0 Å². The van der Waals surface area contributed by atoms with Gasteiger partial charge in [-0.15, -0.1) is 0 Å². The molecule has 0 saturated carbocycles. The Labute approximate surface area is 129 Å². The Kier molecular flexibility index (Phi) is 3.88. The average molecular weight is 288 g/mol. The van der Waals surface area contributed by atoms with E-state index in [0.717, 1.165) is 22.5 Å². The Morgan fingerprint density at radius 1 is 0.636 bits per heavy atom. The second-order valence-electron chi connectivity index (χ2n) is 4.92. The molecule has 108 valence electrons. The summed E-state index contributed by atoms with van der Waals surface area (Å²) >= 11 is 0. The summed E-state index contributed by atoms with van der Waals surface area (Å²) in [4.78, 5) is 13.3. The van der Waals surface area contributed by atoms with Crippen molar-refractivity contribution in [2.24, 2.45) is 5.73 Å². The Morgan fingerprint density at radius 2 is 1.09 bits per heavy atom. The molecule has 0 aliphatic carbocycles. The quantitative estimate of drug-likeness (QED) is 0.754. The first kappa shape index (κ1) is 13.9. The van der Waals surface area contributed by atoms with Crippen LogP contribution in [0.2, 0.25) is 0 Å². The Hall–Kier alpha value is -3.07. The molecule has 0 spiro atoms. The van der Waals surface area contributed by atoms with Crippen molar-refractivity contribution >= 4 is 17.4 Å². The van der Waals surface area contributed by atoms with Crippen LogP contribution in [0.1, 0.15) is 0 Å². The predicted octanol–water partition coefficient (Wildman–Crippen LogP) is 4.57. The molecule has 0 atom stereocenters. The minimum Gasteiger partial charge on any atom is -0.351 e. The topological polar surface area (TPSA) is 46.3 Å². The van der Waals surface area contributed by atoms with E-state index in [2.05, 4.69) is 12.1 Å². The van der Waals surface area contributed by atoms with Crippen molar-refractivity contribution < 1.29 is 4.79 Å². The fourth-order valence-corrected chi connectivity index (χ4v) is 2.41. The van der Waals surface area contributed by atoms with E-state index >= 15 is 0 Å². The van der Waals surface area contributed by atoms with Crippen LogP contribution in [0.25, 0.3) is 11.1 Å². The molecule has 0 aliphatic rings. The average Bonchev–Trinajstić information content (AvgIpc) is 2.57. The Balaban J connectivity index is 1.95. The number of anilines is 2. The van der Waals surface area contributed by atoms with Crippen LogP contribution in [0, 0.1) is 0 Å². The summed E-state index contributed by atoms with van der Waals surface area (Å²) in [7, 11) is 0. The van der Waals surface area contributed by atoms with E-state index in [0.29, 0.717) is 0 Å². The Morgan fingerprint density at radius 3 is 1.64 bits per heavy atom. The van der Waals surface area contributed by atoms with Gasteiger partial charge < -0.3 is 5.73 Å². The fourth-order valence-electron chi connectivity index (χ4n) is 2.41. The first-order valence-electron chi connectivity index (χ1n) is 7.06. The van der Waals surface area contributed by atoms with Gasteiger partial charge in [0.25, 0.3) is 0 Å². The Bertz CT molecular complexity index is 752. The molecule has 0 heterocycles. The van der Waals surface area contributed by atoms with E-state index in [1.165, 1.54) is 4.90 Å². The summed E-state index contributed by atoms with van der Waals surface area (Å²) < 4.78 is 0. The number of nitrogens with zero attached hydrogens (tertiary/aromatic N) is 1. The van der Waals surface area contributed by atoms with Crippen LogP contribution >= 0.6 is 0 Å². The van der Waals surface area contributed by atoms with Crippen molar-refractivity contribution in [3.63, 3.8) is 0 Å². The lowest BCUT2D eigenvalue weighted by molar-refractivity contribution is 0.256. The van der Waals surface area contributed by atoms with Crippen molar-refractivity contribution in [1.82, 2.24) is 0 Å². The SMILES string of the molecule is NC(=O)N(c1ccccc1)c1ccc(-c2ccccc2)cc1. The molecule has 3 nitrogen and oxygen atoms in total. The van der Waals surface area contributed by atoms with Crippen LogP contribution in [0.15, 0.2) is 84.9 Å². The standard InChI is InChI=1S/C19H16N2O/c20-19(22)21(17-9-5-2-6-10-17)18-13-11-16(12-14-18)15-7-3-1-4-8-15/h1-14H,(H2,20,22). The molecule has 22 heavy (non-hydrogen) atoms. The molecule has 0 radical (unpaired) electrons. The van der Waals surface area contributed by atoms with Gasteiger partial charge in [-0.3, -0.25) is 4.90 Å². The van der Waals surface area contributed by atoms with Crippen molar-refractivity contribution in [3.8, 4) is 11.1 Å². The second-order valence-corrected chi connectivity index (χ2v) is 4.92. The lowest BCUT2D eigenvalue weighted by atomic mass is 10.1. The third-order valence-corrected chi connectivity index (χ3v) is 3.47. The lowest BCUT2D eigenvalue weighted by Crippen LogP contribution is -2.31. The smallest absolute Gasteiger partial charge is 0.323 e. The van der Waals surface area contributed by atoms with E-state index < -0.39 is 6.03 Å². The molecule has 3 heteroatoms. The van der Waals surface area contributed by atoms with Gasteiger partial charge in [-0.2, -0.15) is 0 Å². The van der Waals surface area contributed by atoms with Gasteiger partial charge in [0.15, 0.2) is 0 Å². The number of nitrogens with two attached hydrogens (primary N) is 1. The van der Waals surface area contributed by atoms with Gasteiger partial charge in [0, 0.05) is 0 Å². The van der Waals surface area contributed by atoms with Crippen LogP contribution in [-0.4, -0.2) is 6.03 Å². The summed E-state index contributed by atoms with van der Waals surface area (Å²) in [5, 5.41) is 0. The first-order chi connectivity index (χ1) is 10.8. The minimum absolute atomic E-state index is 0.501. The number of amides is 2. The third-order valence-electron chi connectivity index (χ3n) is 3.47. The maximum absolute atomic E-state index is 11.8. The molecule has 0 fully saturated rings. The number of carbonyl (C=O) groups excluding carboxylic acids is 1. The summed E-state index contributed by atoms with van der Waals surface area (Å²) in [6, 6.07) is 26.8. The fraction of sp³-hybridized carbons (Fsp3) is 0. The highest BCUT2D eigenvalue weighted by atomic mass is 16.2. The van der Waals surface area contributed by atoms with E-state index in [-0.39, 0.29) is 0 Å². The lowest BCUT2D eigenvalue weighted by Gasteiger charge is -2.20. The molecule has 0 bridgehead atoms. The third kappa shape index (κ3) is 2.83. The highest BCUT2D eigenvalue weighted by Gasteiger charge is 2.14. The highest BCUT2D eigenvalue weighted by Crippen LogP contribution is 2.27. The zero-order valence-corrected chi connectivity index (χ0v) is 12.0. The van der Waals surface area contributed by atoms with Crippen LogP contribution in [0.3, 0.4) is 0 Å². The van der Waals surface area contributed by atoms with E-state index in [4.69, 9.17) is 5.73 Å². The molecule has 2 N–H and O–H groups in total.